The molecule has 0 atom stereocenters. The van der Waals surface area contributed by atoms with Crippen molar-refractivity contribution in [1.29, 1.82) is 0 Å². The van der Waals surface area contributed by atoms with Gasteiger partial charge in [-0.3, -0.25) is 9.59 Å². The summed E-state index contributed by atoms with van der Waals surface area (Å²) in [6.07, 6.45) is 1.69. The molecule has 0 aliphatic carbocycles. The van der Waals surface area contributed by atoms with Crippen LogP contribution in [0.3, 0.4) is 0 Å². The zero-order valence-corrected chi connectivity index (χ0v) is 15.7. The fraction of sp³-hybridized carbons (Fsp3) is 0.353. The minimum atomic E-state index is -0.302. The van der Waals surface area contributed by atoms with Crippen LogP contribution in [0.2, 0.25) is 5.02 Å². The van der Waals surface area contributed by atoms with Gasteiger partial charge in [-0.2, -0.15) is 4.98 Å². The Morgan fingerprint density at radius 2 is 2.04 bits per heavy atom. The van der Waals surface area contributed by atoms with Crippen molar-refractivity contribution in [3.63, 3.8) is 0 Å². The van der Waals surface area contributed by atoms with E-state index in [-0.39, 0.29) is 17.2 Å². The van der Waals surface area contributed by atoms with Crippen LogP contribution in [0.4, 0.5) is 0 Å². The Kier molecular flexibility index (Phi) is 7.33. The molecule has 1 amide bonds. The van der Waals surface area contributed by atoms with Gasteiger partial charge in [0.05, 0.1) is 12.3 Å². The Labute approximate surface area is 155 Å². The van der Waals surface area contributed by atoms with Crippen LogP contribution in [0, 0.1) is 0 Å². The number of hydrogen-bond donors (Lipinski definition) is 0. The summed E-state index contributed by atoms with van der Waals surface area (Å²) < 4.78 is 7.42. The number of thioether (sulfide) groups is 1. The molecule has 2 rings (SSSR count). The molecule has 134 valence electrons. The predicted octanol–water partition coefficient (Wildman–Crippen LogP) is 2.55. The molecule has 0 saturated carbocycles. The molecule has 0 unspecified atom stereocenters. The van der Waals surface area contributed by atoms with E-state index in [1.165, 1.54) is 17.8 Å². The fourth-order valence-corrected chi connectivity index (χ4v) is 3.07. The van der Waals surface area contributed by atoms with Gasteiger partial charge in [-0.1, -0.05) is 23.4 Å². The number of rotatable bonds is 8. The number of halogens is 1. The number of aryl methyl sites for hydroxylation is 1. The highest BCUT2D eigenvalue weighted by Gasteiger charge is 2.11. The third-order valence-corrected chi connectivity index (χ3v) is 4.68. The number of aromatic nitrogens is 2. The molecule has 0 spiro atoms. The van der Waals surface area contributed by atoms with E-state index in [2.05, 4.69) is 4.98 Å². The zero-order valence-electron chi connectivity index (χ0n) is 14.1. The molecule has 0 N–H and O–H groups in total. The Bertz CT molecular complexity index is 764. The first-order chi connectivity index (χ1) is 12.0. The number of benzene rings is 1. The maximum Gasteiger partial charge on any atom is 0.273 e. The Hall–Kier alpha value is -1.99. The van der Waals surface area contributed by atoms with E-state index in [0.717, 1.165) is 0 Å². The smallest absolute Gasteiger partial charge is 0.273 e. The second kappa shape index (κ2) is 9.48. The number of nitrogens with zero attached hydrogens (tertiary/aromatic N) is 3. The number of ether oxygens (including phenoxy) is 1. The van der Waals surface area contributed by atoms with Gasteiger partial charge in [0, 0.05) is 30.9 Å². The molecule has 0 aliphatic rings. The molecule has 1 aromatic carbocycles. The van der Waals surface area contributed by atoms with E-state index >= 15 is 0 Å². The van der Waals surface area contributed by atoms with Gasteiger partial charge in [-0.15, -0.1) is 0 Å². The van der Waals surface area contributed by atoms with Gasteiger partial charge in [-0.25, -0.2) is 0 Å². The van der Waals surface area contributed by atoms with Crippen molar-refractivity contribution in [2.24, 2.45) is 0 Å². The van der Waals surface area contributed by atoms with Crippen LogP contribution in [-0.2, 0) is 11.3 Å². The summed E-state index contributed by atoms with van der Waals surface area (Å²) in [5, 5.41) is 1.20. The lowest BCUT2D eigenvalue weighted by Gasteiger charge is -2.17. The van der Waals surface area contributed by atoms with E-state index in [4.69, 9.17) is 16.3 Å². The number of hydrogen-bond acceptors (Lipinski definition) is 5. The van der Waals surface area contributed by atoms with Crippen molar-refractivity contribution in [2.45, 2.75) is 18.6 Å². The molecule has 2 aromatic rings. The van der Waals surface area contributed by atoms with Crippen molar-refractivity contribution in [1.82, 2.24) is 14.5 Å². The van der Waals surface area contributed by atoms with Crippen LogP contribution in [-0.4, -0.2) is 46.3 Å². The molecule has 8 heteroatoms. The van der Waals surface area contributed by atoms with Crippen LogP contribution in [0.1, 0.15) is 6.92 Å². The first-order valence-corrected chi connectivity index (χ1v) is 9.18. The monoisotopic (exact) mass is 381 g/mol. The summed E-state index contributed by atoms with van der Waals surface area (Å²) in [5.74, 6) is 0.874. The standard InChI is InChI=1S/C17H20ClN3O3S/c1-3-21-9-8-15(22)19-17(21)25-12-16(23)20(2)10-11-24-14-6-4-13(18)5-7-14/h4-9H,3,10-12H2,1-2H3. The molecule has 6 nitrogen and oxygen atoms in total. The number of amides is 1. The average molecular weight is 382 g/mol. The maximum absolute atomic E-state index is 12.2. The minimum Gasteiger partial charge on any atom is -0.492 e. The molecule has 1 heterocycles. The Morgan fingerprint density at radius 1 is 1.32 bits per heavy atom. The lowest BCUT2D eigenvalue weighted by atomic mass is 10.3. The summed E-state index contributed by atoms with van der Waals surface area (Å²) in [6.45, 7) is 3.50. The third-order valence-electron chi connectivity index (χ3n) is 3.45. The topological polar surface area (TPSA) is 64.4 Å². The largest absolute Gasteiger partial charge is 0.492 e. The molecular formula is C17H20ClN3O3S. The summed E-state index contributed by atoms with van der Waals surface area (Å²) >= 11 is 7.08. The van der Waals surface area contributed by atoms with Gasteiger partial charge in [0.1, 0.15) is 12.4 Å². The molecule has 0 saturated heterocycles. The van der Waals surface area contributed by atoms with Gasteiger partial charge < -0.3 is 14.2 Å². The number of likely N-dealkylation sites (N-methyl/N-ethyl adjacent to an activating group) is 1. The lowest BCUT2D eigenvalue weighted by molar-refractivity contribution is -0.127. The molecule has 0 bridgehead atoms. The van der Waals surface area contributed by atoms with Crippen molar-refractivity contribution in [3.05, 3.63) is 51.9 Å². The summed E-state index contributed by atoms with van der Waals surface area (Å²) in [7, 11) is 1.72. The highest BCUT2D eigenvalue weighted by atomic mass is 35.5. The first-order valence-electron chi connectivity index (χ1n) is 7.82. The molecular weight excluding hydrogens is 362 g/mol. The van der Waals surface area contributed by atoms with E-state index in [1.54, 1.807) is 42.4 Å². The van der Waals surface area contributed by atoms with Gasteiger partial charge in [-0.05, 0) is 31.2 Å². The summed E-state index contributed by atoms with van der Waals surface area (Å²) in [5.41, 5.74) is -0.302. The molecule has 0 radical (unpaired) electrons. The third kappa shape index (κ3) is 6.10. The molecule has 0 aliphatic heterocycles. The summed E-state index contributed by atoms with van der Waals surface area (Å²) in [6, 6.07) is 8.48. The van der Waals surface area contributed by atoms with Crippen LogP contribution < -0.4 is 10.3 Å². The van der Waals surface area contributed by atoms with Gasteiger partial charge in [0.25, 0.3) is 5.56 Å². The number of carbonyl (C=O) groups excluding carboxylic acids is 1. The van der Waals surface area contributed by atoms with Crippen LogP contribution in [0.5, 0.6) is 5.75 Å². The number of carbonyl (C=O) groups is 1. The van der Waals surface area contributed by atoms with Crippen molar-refractivity contribution >= 4 is 29.3 Å². The lowest BCUT2D eigenvalue weighted by Crippen LogP contribution is -2.32. The Morgan fingerprint density at radius 3 is 2.72 bits per heavy atom. The normalized spacial score (nSPS) is 10.5. The molecule has 0 fully saturated rings. The van der Waals surface area contributed by atoms with Crippen LogP contribution in [0.25, 0.3) is 0 Å². The molecule has 1 aromatic heterocycles. The van der Waals surface area contributed by atoms with Crippen molar-refractivity contribution in [3.8, 4) is 5.75 Å². The zero-order chi connectivity index (χ0) is 18.2. The SMILES string of the molecule is CCn1ccc(=O)nc1SCC(=O)N(C)CCOc1ccc(Cl)cc1. The van der Waals surface area contributed by atoms with Crippen molar-refractivity contribution < 1.29 is 9.53 Å². The fourth-order valence-electron chi connectivity index (χ4n) is 1.96. The van der Waals surface area contributed by atoms with E-state index in [0.29, 0.717) is 35.6 Å². The van der Waals surface area contributed by atoms with Gasteiger partial charge >= 0.3 is 0 Å². The second-order valence-electron chi connectivity index (χ2n) is 5.24. The van der Waals surface area contributed by atoms with Gasteiger partial charge in [0.15, 0.2) is 5.16 Å². The predicted molar refractivity (Wildman–Crippen MR) is 99.5 cm³/mol. The quantitative estimate of drug-likeness (QED) is 0.519. The summed E-state index contributed by atoms with van der Waals surface area (Å²) in [4.78, 5) is 29.1. The highest BCUT2D eigenvalue weighted by Crippen LogP contribution is 2.16. The molecule has 25 heavy (non-hydrogen) atoms. The van der Waals surface area contributed by atoms with E-state index in [9.17, 15) is 9.59 Å². The minimum absolute atomic E-state index is 0.0505. The second-order valence-corrected chi connectivity index (χ2v) is 6.62. The van der Waals surface area contributed by atoms with Crippen LogP contribution >= 0.6 is 23.4 Å². The Balaban J connectivity index is 1.79. The first kappa shape index (κ1) is 19.3. The van der Waals surface area contributed by atoms with Crippen LogP contribution in [0.15, 0.2) is 46.5 Å². The van der Waals surface area contributed by atoms with E-state index in [1.807, 2.05) is 11.5 Å². The average Bonchev–Trinajstić information content (AvgIpc) is 2.61. The van der Waals surface area contributed by atoms with Crippen molar-refractivity contribution in [2.75, 3.05) is 26.0 Å². The highest BCUT2D eigenvalue weighted by molar-refractivity contribution is 7.99. The van der Waals surface area contributed by atoms with E-state index < -0.39 is 0 Å². The van der Waals surface area contributed by atoms with Gasteiger partial charge in [0.2, 0.25) is 5.91 Å². The maximum atomic E-state index is 12.2.